The lowest BCUT2D eigenvalue weighted by Crippen LogP contribution is -2.48. The Balaban J connectivity index is 2.98. The molecule has 0 bridgehead atoms. The summed E-state index contributed by atoms with van der Waals surface area (Å²) in [6.07, 6.45) is 0. The van der Waals surface area contributed by atoms with E-state index in [2.05, 4.69) is 5.32 Å². The van der Waals surface area contributed by atoms with Crippen molar-refractivity contribution in [2.24, 2.45) is 5.73 Å². The van der Waals surface area contributed by atoms with Crippen LogP contribution in [0.1, 0.15) is 24.2 Å². The highest BCUT2D eigenvalue weighted by molar-refractivity contribution is 5.94. The van der Waals surface area contributed by atoms with Crippen LogP contribution < -0.4 is 11.1 Å². The van der Waals surface area contributed by atoms with Gasteiger partial charge in [-0.05, 0) is 26.0 Å². The Morgan fingerprint density at radius 2 is 1.76 bits per heavy atom. The van der Waals surface area contributed by atoms with Crippen LogP contribution >= 0.6 is 0 Å². The molecule has 1 aromatic carbocycles. The summed E-state index contributed by atoms with van der Waals surface area (Å²) < 4.78 is 38.5. The van der Waals surface area contributed by atoms with Crippen molar-refractivity contribution >= 4 is 5.91 Å². The van der Waals surface area contributed by atoms with Crippen LogP contribution in [0, 0.1) is 17.5 Å². The van der Waals surface area contributed by atoms with Gasteiger partial charge < -0.3 is 11.1 Å². The zero-order valence-corrected chi connectivity index (χ0v) is 9.48. The predicted octanol–water partition coefficient (Wildman–Crippen LogP) is 1.57. The van der Waals surface area contributed by atoms with Gasteiger partial charge in [0, 0.05) is 17.6 Å². The molecule has 0 aliphatic carbocycles. The van der Waals surface area contributed by atoms with E-state index in [0.29, 0.717) is 12.1 Å². The Morgan fingerprint density at radius 1 is 1.29 bits per heavy atom. The van der Waals surface area contributed by atoms with E-state index in [1.165, 1.54) is 0 Å². The highest BCUT2D eigenvalue weighted by Crippen LogP contribution is 2.14. The van der Waals surface area contributed by atoms with Gasteiger partial charge in [0.1, 0.15) is 0 Å². The predicted molar refractivity (Wildman–Crippen MR) is 56.9 cm³/mol. The summed E-state index contributed by atoms with van der Waals surface area (Å²) in [4.78, 5) is 11.6. The first-order chi connectivity index (χ1) is 7.76. The molecule has 0 unspecified atom stereocenters. The molecule has 17 heavy (non-hydrogen) atoms. The lowest BCUT2D eigenvalue weighted by molar-refractivity contribution is 0.0914. The van der Waals surface area contributed by atoms with E-state index < -0.39 is 28.9 Å². The highest BCUT2D eigenvalue weighted by atomic mass is 19.2. The minimum absolute atomic E-state index is 0.158. The van der Waals surface area contributed by atoms with Crippen LogP contribution in [0.15, 0.2) is 12.1 Å². The van der Waals surface area contributed by atoms with Crippen LogP contribution in [-0.4, -0.2) is 18.0 Å². The van der Waals surface area contributed by atoms with Crippen molar-refractivity contribution in [2.45, 2.75) is 19.4 Å². The van der Waals surface area contributed by atoms with Crippen molar-refractivity contribution in [3.63, 3.8) is 0 Å². The third kappa shape index (κ3) is 3.20. The molecule has 0 fully saturated rings. The lowest BCUT2D eigenvalue weighted by atomic mass is 10.1. The molecule has 3 N–H and O–H groups in total. The number of rotatable bonds is 3. The Hall–Kier alpha value is -1.56. The number of halogens is 3. The number of benzene rings is 1. The Bertz CT molecular complexity index is 423. The highest BCUT2D eigenvalue weighted by Gasteiger charge is 2.21. The first-order valence-corrected chi connectivity index (χ1v) is 4.94. The molecular formula is C11H13F3N2O. The normalized spacial score (nSPS) is 11.4. The van der Waals surface area contributed by atoms with E-state index in [0.717, 1.165) is 0 Å². The van der Waals surface area contributed by atoms with E-state index in [-0.39, 0.29) is 12.1 Å². The van der Waals surface area contributed by atoms with Crippen molar-refractivity contribution in [2.75, 3.05) is 6.54 Å². The molecule has 0 saturated heterocycles. The number of carbonyl (C=O) groups excluding carboxylic acids is 1. The fourth-order valence-electron chi connectivity index (χ4n) is 1.12. The summed E-state index contributed by atoms with van der Waals surface area (Å²) in [7, 11) is 0. The average molecular weight is 246 g/mol. The quantitative estimate of drug-likeness (QED) is 0.795. The number of carbonyl (C=O) groups is 1. The second-order valence-corrected chi connectivity index (χ2v) is 4.30. The zero-order chi connectivity index (χ0) is 13.2. The third-order valence-electron chi connectivity index (χ3n) is 2.21. The Morgan fingerprint density at radius 3 is 2.18 bits per heavy atom. The minimum atomic E-state index is -1.60. The summed E-state index contributed by atoms with van der Waals surface area (Å²) in [6, 6.07) is 1.28. The topological polar surface area (TPSA) is 55.1 Å². The maximum absolute atomic E-state index is 12.9. The molecule has 0 aliphatic rings. The summed E-state index contributed by atoms with van der Waals surface area (Å²) in [5, 5.41) is 2.48. The molecule has 1 aromatic rings. The second kappa shape index (κ2) is 4.75. The van der Waals surface area contributed by atoms with Gasteiger partial charge in [-0.2, -0.15) is 0 Å². The van der Waals surface area contributed by atoms with E-state index in [9.17, 15) is 18.0 Å². The molecule has 94 valence electrons. The first-order valence-electron chi connectivity index (χ1n) is 4.94. The van der Waals surface area contributed by atoms with Crippen LogP contribution in [0.2, 0.25) is 0 Å². The van der Waals surface area contributed by atoms with Gasteiger partial charge in [0.2, 0.25) is 0 Å². The summed E-state index contributed by atoms with van der Waals surface area (Å²) >= 11 is 0. The zero-order valence-electron chi connectivity index (χ0n) is 9.48. The van der Waals surface area contributed by atoms with Crippen molar-refractivity contribution in [3.8, 4) is 0 Å². The summed E-state index contributed by atoms with van der Waals surface area (Å²) in [6.45, 7) is 3.47. The van der Waals surface area contributed by atoms with Crippen LogP contribution in [0.5, 0.6) is 0 Å². The molecule has 1 amide bonds. The molecule has 0 spiro atoms. The van der Waals surface area contributed by atoms with E-state index in [1.807, 2.05) is 0 Å². The fraction of sp³-hybridized carbons (Fsp3) is 0.364. The average Bonchev–Trinajstić information content (AvgIpc) is 2.24. The molecule has 1 rings (SSSR count). The molecule has 0 heterocycles. The van der Waals surface area contributed by atoms with E-state index in [1.54, 1.807) is 13.8 Å². The minimum Gasteiger partial charge on any atom is -0.346 e. The largest absolute Gasteiger partial charge is 0.346 e. The molecule has 0 saturated carbocycles. The van der Waals surface area contributed by atoms with E-state index in [4.69, 9.17) is 5.73 Å². The maximum Gasteiger partial charge on any atom is 0.251 e. The number of hydrogen-bond donors (Lipinski definition) is 2. The number of hydrogen-bond acceptors (Lipinski definition) is 2. The van der Waals surface area contributed by atoms with Gasteiger partial charge in [-0.15, -0.1) is 0 Å². The maximum atomic E-state index is 12.9. The molecular weight excluding hydrogens is 233 g/mol. The molecule has 0 radical (unpaired) electrons. The SMILES string of the molecule is CC(C)(CN)NC(=O)c1cc(F)c(F)c(F)c1. The Labute approximate surface area is 96.8 Å². The number of nitrogens with two attached hydrogens (primary N) is 1. The van der Waals surface area contributed by atoms with Gasteiger partial charge in [0.15, 0.2) is 17.5 Å². The fourth-order valence-corrected chi connectivity index (χ4v) is 1.12. The first kappa shape index (κ1) is 13.5. The lowest BCUT2D eigenvalue weighted by Gasteiger charge is -2.24. The van der Waals surface area contributed by atoms with Gasteiger partial charge >= 0.3 is 0 Å². The monoisotopic (exact) mass is 246 g/mol. The summed E-state index contributed by atoms with van der Waals surface area (Å²) in [5.74, 6) is -5.11. The van der Waals surface area contributed by atoms with Crippen molar-refractivity contribution in [3.05, 3.63) is 35.1 Å². The second-order valence-electron chi connectivity index (χ2n) is 4.30. The van der Waals surface area contributed by atoms with Gasteiger partial charge in [0.25, 0.3) is 5.91 Å². The van der Waals surface area contributed by atoms with Gasteiger partial charge in [-0.1, -0.05) is 0 Å². The van der Waals surface area contributed by atoms with Gasteiger partial charge in [-0.3, -0.25) is 4.79 Å². The van der Waals surface area contributed by atoms with Crippen molar-refractivity contribution in [1.29, 1.82) is 0 Å². The van der Waals surface area contributed by atoms with Gasteiger partial charge in [0.05, 0.1) is 0 Å². The Kier molecular flexibility index (Phi) is 3.77. The van der Waals surface area contributed by atoms with Gasteiger partial charge in [-0.25, -0.2) is 13.2 Å². The molecule has 3 nitrogen and oxygen atoms in total. The van der Waals surface area contributed by atoms with Crippen molar-refractivity contribution in [1.82, 2.24) is 5.32 Å². The van der Waals surface area contributed by atoms with Crippen LogP contribution in [0.4, 0.5) is 13.2 Å². The molecule has 6 heteroatoms. The smallest absolute Gasteiger partial charge is 0.251 e. The molecule has 0 aromatic heterocycles. The third-order valence-corrected chi connectivity index (χ3v) is 2.21. The molecule has 0 aliphatic heterocycles. The summed E-state index contributed by atoms with van der Waals surface area (Å²) in [5.41, 5.74) is 4.39. The van der Waals surface area contributed by atoms with Crippen LogP contribution in [0.25, 0.3) is 0 Å². The standard InChI is InChI=1S/C11H13F3N2O/c1-11(2,5-15)16-10(17)6-3-7(12)9(14)8(13)4-6/h3-4H,5,15H2,1-2H3,(H,16,17). The van der Waals surface area contributed by atoms with E-state index >= 15 is 0 Å². The number of nitrogens with one attached hydrogen (secondary N) is 1. The number of amides is 1. The van der Waals surface area contributed by atoms with Crippen LogP contribution in [0.3, 0.4) is 0 Å². The van der Waals surface area contributed by atoms with Crippen molar-refractivity contribution < 1.29 is 18.0 Å². The van der Waals surface area contributed by atoms with Crippen LogP contribution in [-0.2, 0) is 0 Å². The molecule has 0 atom stereocenters.